The first-order valence-corrected chi connectivity index (χ1v) is 15.2. The molecule has 0 heterocycles. The molecule has 0 spiro atoms. The van der Waals surface area contributed by atoms with Gasteiger partial charge in [-0.2, -0.15) is 0 Å². The molecule has 0 aliphatic rings. The van der Waals surface area contributed by atoms with Gasteiger partial charge >= 0.3 is 0 Å². The van der Waals surface area contributed by atoms with E-state index in [1.165, 1.54) is 0 Å². The molecule has 2 N–H and O–H groups in total. The summed E-state index contributed by atoms with van der Waals surface area (Å²) in [5.74, 6) is 0.450. The minimum absolute atomic E-state index is 0.225. The Balaban J connectivity index is 2.74. The lowest BCUT2D eigenvalue weighted by molar-refractivity contribution is 0.421. The van der Waals surface area contributed by atoms with Crippen molar-refractivity contribution in [2.75, 3.05) is 0 Å². The van der Waals surface area contributed by atoms with Crippen molar-refractivity contribution in [1.82, 2.24) is 0 Å². The van der Waals surface area contributed by atoms with Crippen LogP contribution in [-0.4, -0.2) is 23.4 Å². The number of hydrogen-bond acceptors (Lipinski definition) is 4. The van der Waals surface area contributed by atoms with E-state index in [0.717, 1.165) is 22.3 Å². The lowest BCUT2D eigenvalue weighted by Crippen LogP contribution is -2.41. The molecule has 208 valence electrons. The maximum atomic E-state index is 14.2. The van der Waals surface area contributed by atoms with E-state index in [1.807, 2.05) is 83.1 Å². The molecule has 2 aromatic carbocycles. The van der Waals surface area contributed by atoms with Gasteiger partial charge in [-0.1, -0.05) is 83.1 Å². The van der Waals surface area contributed by atoms with Crippen LogP contribution in [0, 0.1) is 0 Å². The van der Waals surface area contributed by atoms with Crippen LogP contribution in [-0.2, 0) is 44.0 Å². The molecular formula is C31H48O4S2. The predicted octanol–water partition coefficient (Wildman–Crippen LogP) is 7.94. The predicted molar refractivity (Wildman–Crippen MR) is 158 cm³/mol. The zero-order valence-electron chi connectivity index (χ0n) is 25.3. The quantitative estimate of drug-likeness (QED) is 0.380. The Kier molecular flexibility index (Phi) is 8.62. The number of phenolic OH excluding ortho intramolecular Hbond substituents is 2. The molecule has 0 saturated carbocycles. The number of aromatic hydroxyl groups is 2. The first-order chi connectivity index (χ1) is 16.3. The van der Waals surface area contributed by atoms with Gasteiger partial charge in [-0.25, -0.2) is 0 Å². The van der Waals surface area contributed by atoms with Gasteiger partial charge in [0.1, 0.15) is 11.5 Å². The average molecular weight is 549 g/mol. The largest absolute Gasteiger partial charge is 0.607 e. The molecule has 2 atom stereocenters. The number of rotatable bonds is 4. The van der Waals surface area contributed by atoms with Gasteiger partial charge in [-0.05, 0) is 21.7 Å². The van der Waals surface area contributed by atoms with Crippen LogP contribution in [0.15, 0.2) is 34.1 Å². The van der Waals surface area contributed by atoms with Crippen LogP contribution in [0.5, 0.6) is 11.5 Å². The van der Waals surface area contributed by atoms with Crippen molar-refractivity contribution in [2.45, 2.75) is 132 Å². The average Bonchev–Trinajstić information content (AvgIpc) is 2.69. The first-order valence-electron chi connectivity index (χ1n) is 12.9. The van der Waals surface area contributed by atoms with Crippen LogP contribution in [0.4, 0.5) is 0 Å². The second-order valence-electron chi connectivity index (χ2n) is 14.7. The fraction of sp³-hybridized carbons (Fsp3) is 0.613. The molecule has 0 radical (unpaired) electrons. The molecule has 0 aliphatic carbocycles. The molecule has 6 heteroatoms. The van der Waals surface area contributed by atoms with Gasteiger partial charge in [0.2, 0.25) is 0 Å². The van der Waals surface area contributed by atoms with Crippen LogP contribution < -0.4 is 0 Å². The highest BCUT2D eigenvalue weighted by atomic mass is 32.3. The van der Waals surface area contributed by atoms with Crippen molar-refractivity contribution in [3.8, 4) is 11.5 Å². The Hall–Kier alpha value is -1.34. The summed E-state index contributed by atoms with van der Waals surface area (Å²) in [7, 11) is 0. The Morgan fingerprint density at radius 1 is 0.459 bits per heavy atom. The fourth-order valence-corrected chi connectivity index (χ4v) is 7.52. The van der Waals surface area contributed by atoms with E-state index in [1.54, 1.807) is 38.1 Å². The normalized spacial score (nSPS) is 15.6. The zero-order chi connectivity index (χ0) is 29.1. The van der Waals surface area contributed by atoms with Crippen LogP contribution >= 0.6 is 0 Å². The van der Waals surface area contributed by atoms with Crippen LogP contribution in [0.25, 0.3) is 0 Å². The Morgan fingerprint density at radius 3 is 0.811 bits per heavy atom. The van der Waals surface area contributed by atoms with Gasteiger partial charge in [0.15, 0.2) is 9.79 Å². The molecule has 0 saturated heterocycles. The summed E-state index contributed by atoms with van der Waals surface area (Å²) in [6, 6.07) is 7.21. The summed E-state index contributed by atoms with van der Waals surface area (Å²) in [6.45, 7) is 27.7. The monoisotopic (exact) mass is 548 g/mol. The second kappa shape index (κ2) is 10.0. The van der Waals surface area contributed by atoms with Gasteiger partial charge in [-0.3, -0.25) is 0 Å². The molecule has 0 bridgehead atoms. The minimum Gasteiger partial charge on any atom is -0.607 e. The summed E-state index contributed by atoms with van der Waals surface area (Å²) in [5, 5.41) is 22.2. The molecule has 0 aromatic heterocycles. The third-order valence-corrected chi connectivity index (χ3v) is 10.7. The molecule has 2 unspecified atom stereocenters. The smallest absolute Gasteiger partial charge is 0.275 e. The van der Waals surface area contributed by atoms with Crippen molar-refractivity contribution in [2.24, 2.45) is 0 Å². The summed E-state index contributed by atoms with van der Waals surface area (Å²) >= 11 is -3.31. The van der Waals surface area contributed by atoms with Crippen LogP contribution in [0.3, 0.4) is 0 Å². The molecule has 37 heavy (non-hydrogen) atoms. The van der Waals surface area contributed by atoms with Crippen LogP contribution in [0.2, 0.25) is 0 Å². The van der Waals surface area contributed by atoms with Crippen molar-refractivity contribution in [3.05, 3.63) is 46.5 Å². The van der Waals surface area contributed by atoms with Crippen molar-refractivity contribution in [1.29, 1.82) is 0 Å². The second-order valence-corrected chi connectivity index (χ2v) is 19.0. The summed E-state index contributed by atoms with van der Waals surface area (Å²) in [6.07, 6.45) is 0. The van der Waals surface area contributed by atoms with Gasteiger partial charge in [0, 0.05) is 82.7 Å². The molecule has 0 fully saturated rings. The molecule has 0 aliphatic heterocycles. The van der Waals surface area contributed by atoms with E-state index in [4.69, 9.17) is 0 Å². The zero-order valence-corrected chi connectivity index (χ0v) is 27.0. The van der Waals surface area contributed by atoms with E-state index in [2.05, 4.69) is 0 Å². The van der Waals surface area contributed by atoms with E-state index >= 15 is 0 Å². The number of hydrogen-bond donors (Lipinski definition) is 2. The first kappa shape index (κ1) is 31.9. The maximum Gasteiger partial charge on any atom is 0.275 e. The molecule has 4 nitrogen and oxygen atoms in total. The van der Waals surface area contributed by atoms with Gasteiger partial charge < -0.3 is 19.3 Å². The van der Waals surface area contributed by atoms with Gasteiger partial charge in [0.25, 0.3) is 4.08 Å². The molecular weight excluding hydrogens is 500 g/mol. The maximum absolute atomic E-state index is 14.2. The summed E-state index contributed by atoms with van der Waals surface area (Å²) < 4.78 is 27.2. The van der Waals surface area contributed by atoms with Gasteiger partial charge in [0.05, 0.1) is 0 Å². The van der Waals surface area contributed by atoms with E-state index in [0.29, 0.717) is 9.79 Å². The fourth-order valence-electron chi connectivity index (χ4n) is 4.35. The van der Waals surface area contributed by atoms with E-state index in [9.17, 15) is 19.3 Å². The Bertz CT molecular complexity index is 980. The third-order valence-electron chi connectivity index (χ3n) is 6.72. The van der Waals surface area contributed by atoms with Crippen LogP contribution in [0.1, 0.15) is 119 Å². The number of phenols is 2. The lowest BCUT2D eigenvalue weighted by atomic mass is 9.79. The Morgan fingerprint density at radius 2 is 0.649 bits per heavy atom. The topological polar surface area (TPSA) is 86.6 Å². The summed E-state index contributed by atoms with van der Waals surface area (Å²) in [4.78, 5) is 1.11. The minimum atomic E-state index is -1.66. The van der Waals surface area contributed by atoms with Crippen molar-refractivity contribution < 1.29 is 19.3 Å². The highest BCUT2D eigenvalue weighted by Crippen LogP contribution is 2.46. The van der Waals surface area contributed by atoms with Gasteiger partial charge in [-0.15, -0.1) is 0 Å². The van der Waals surface area contributed by atoms with E-state index in [-0.39, 0.29) is 33.2 Å². The highest BCUT2D eigenvalue weighted by molar-refractivity contribution is 8.10. The van der Waals surface area contributed by atoms with Crippen molar-refractivity contribution in [3.63, 3.8) is 0 Å². The number of benzene rings is 2. The van der Waals surface area contributed by atoms with Crippen molar-refractivity contribution >= 4 is 22.4 Å². The van der Waals surface area contributed by atoms with E-state index < -0.39 is 26.4 Å². The highest BCUT2D eigenvalue weighted by Gasteiger charge is 2.48. The molecule has 2 rings (SSSR count). The SMILES string of the molecule is CC(C)(C)c1cc([S+]([O-])C(C)(C)[S+]([O-])c2cc(C(C)(C)C)c(O)c(C(C)(C)C)c2)cc(C(C)(C)C)c1O. The standard InChI is InChI=1S/C31H48O4S2/c1-27(2,3)21-15-19(16-22(25(21)32)28(4,5)6)36(34)31(13,14)37(35)20-17-23(29(7,8)9)26(33)24(18-20)30(10,11)12/h15-18,32-33H,1-14H3. The molecule has 0 amide bonds. The third kappa shape index (κ3) is 6.63. The molecule has 2 aromatic rings. The summed E-state index contributed by atoms with van der Waals surface area (Å²) in [5.41, 5.74) is 1.42. The Labute approximate surface area is 231 Å². The lowest BCUT2D eigenvalue weighted by Gasteiger charge is -2.34.